The molecule has 14 heavy (non-hydrogen) atoms. The summed E-state index contributed by atoms with van der Waals surface area (Å²) in [7, 11) is 0. The highest BCUT2D eigenvalue weighted by molar-refractivity contribution is 5.20. The molecule has 2 heteroatoms. The topological polar surface area (TPSA) is 21.3 Å². The molecular weight excluding hydrogens is 174 g/mol. The van der Waals surface area contributed by atoms with Crippen molar-refractivity contribution < 1.29 is 4.84 Å². The minimum Gasteiger partial charge on any atom is -0.301 e. The molecular formula is C12H17NO. The van der Waals surface area contributed by atoms with Crippen molar-refractivity contribution in [2.75, 3.05) is 6.61 Å². The zero-order chi connectivity index (χ0) is 9.80. The Morgan fingerprint density at radius 1 is 1.36 bits per heavy atom. The SMILES string of the molecule is CCONC(c1ccccc1)C1CC1. The summed E-state index contributed by atoms with van der Waals surface area (Å²) < 4.78 is 0. The fourth-order valence-corrected chi connectivity index (χ4v) is 1.70. The second-order valence-corrected chi connectivity index (χ2v) is 3.78. The molecule has 0 saturated heterocycles. The van der Waals surface area contributed by atoms with Crippen LogP contribution >= 0.6 is 0 Å². The lowest BCUT2D eigenvalue weighted by atomic mass is 10.0. The lowest BCUT2D eigenvalue weighted by Crippen LogP contribution is -2.23. The Morgan fingerprint density at radius 3 is 2.64 bits per heavy atom. The number of hydrogen-bond donors (Lipinski definition) is 1. The molecule has 2 rings (SSSR count). The molecule has 1 N–H and O–H groups in total. The van der Waals surface area contributed by atoms with E-state index in [9.17, 15) is 0 Å². The van der Waals surface area contributed by atoms with Gasteiger partial charge < -0.3 is 4.84 Å². The highest BCUT2D eigenvalue weighted by Crippen LogP contribution is 2.40. The summed E-state index contributed by atoms with van der Waals surface area (Å²) in [6, 6.07) is 10.9. The first-order valence-electron chi connectivity index (χ1n) is 5.34. The van der Waals surface area contributed by atoms with Gasteiger partial charge in [-0.25, -0.2) is 0 Å². The molecule has 0 amide bonds. The Morgan fingerprint density at radius 2 is 2.07 bits per heavy atom. The van der Waals surface area contributed by atoms with E-state index in [0.29, 0.717) is 6.04 Å². The second kappa shape index (κ2) is 4.58. The predicted octanol–water partition coefficient (Wildman–Crippen LogP) is 2.68. The first kappa shape index (κ1) is 9.69. The average molecular weight is 191 g/mol. The van der Waals surface area contributed by atoms with E-state index >= 15 is 0 Å². The molecule has 76 valence electrons. The summed E-state index contributed by atoms with van der Waals surface area (Å²) in [4.78, 5) is 5.30. The van der Waals surface area contributed by atoms with E-state index in [0.717, 1.165) is 12.5 Å². The van der Waals surface area contributed by atoms with Gasteiger partial charge >= 0.3 is 0 Å². The third-order valence-corrected chi connectivity index (χ3v) is 2.61. The minimum absolute atomic E-state index is 0.385. The van der Waals surface area contributed by atoms with Crippen LogP contribution in [0.3, 0.4) is 0 Å². The summed E-state index contributed by atoms with van der Waals surface area (Å²) in [6.07, 6.45) is 2.64. The highest BCUT2D eigenvalue weighted by Gasteiger charge is 2.32. The van der Waals surface area contributed by atoms with Crippen molar-refractivity contribution in [1.29, 1.82) is 0 Å². The Bertz CT molecular complexity index is 269. The van der Waals surface area contributed by atoms with Crippen LogP contribution < -0.4 is 5.48 Å². The van der Waals surface area contributed by atoms with E-state index in [4.69, 9.17) is 4.84 Å². The van der Waals surface area contributed by atoms with E-state index in [2.05, 4.69) is 29.7 Å². The monoisotopic (exact) mass is 191 g/mol. The average Bonchev–Trinajstić information content (AvgIpc) is 3.04. The van der Waals surface area contributed by atoms with Crippen LogP contribution in [0.4, 0.5) is 0 Å². The molecule has 1 aliphatic rings. The van der Waals surface area contributed by atoms with Crippen LogP contribution in [0.2, 0.25) is 0 Å². The van der Waals surface area contributed by atoms with Gasteiger partial charge in [0.15, 0.2) is 0 Å². The normalized spacial score (nSPS) is 18.1. The van der Waals surface area contributed by atoms with Gasteiger partial charge in [0.25, 0.3) is 0 Å². The van der Waals surface area contributed by atoms with Crippen molar-refractivity contribution in [3.05, 3.63) is 35.9 Å². The Balaban J connectivity index is 2.02. The Kier molecular flexibility index (Phi) is 3.17. The maximum Gasteiger partial charge on any atom is 0.0654 e. The van der Waals surface area contributed by atoms with Crippen LogP contribution in [-0.4, -0.2) is 6.61 Å². The van der Waals surface area contributed by atoms with Gasteiger partial charge in [-0.2, -0.15) is 5.48 Å². The van der Waals surface area contributed by atoms with Crippen LogP contribution in [0.1, 0.15) is 31.4 Å². The minimum atomic E-state index is 0.385. The quantitative estimate of drug-likeness (QED) is 0.722. The van der Waals surface area contributed by atoms with Crippen LogP contribution in [0.15, 0.2) is 30.3 Å². The fourth-order valence-electron chi connectivity index (χ4n) is 1.70. The predicted molar refractivity (Wildman–Crippen MR) is 56.7 cm³/mol. The van der Waals surface area contributed by atoms with Crippen LogP contribution in [0.25, 0.3) is 0 Å². The van der Waals surface area contributed by atoms with Crippen molar-refractivity contribution in [1.82, 2.24) is 5.48 Å². The number of rotatable bonds is 5. The molecule has 0 bridgehead atoms. The number of hydrogen-bond acceptors (Lipinski definition) is 2. The van der Waals surface area contributed by atoms with Gasteiger partial charge in [0, 0.05) is 0 Å². The number of benzene rings is 1. The number of hydroxylamine groups is 1. The van der Waals surface area contributed by atoms with Crippen molar-refractivity contribution in [2.24, 2.45) is 5.92 Å². The molecule has 0 heterocycles. The van der Waals surface area contributed by atoms with Crippen LogP contribution in [0, 0.1) is 5.92 Å². The smallest absolute Gasteiger partial charge is 0.0654 e. The van der Waals surface area contributed by atoms with Gasteiger partial charge in [-0.1, -0.05) is 30.3 Å². The molecule has 1 aromatic rings. The largest absolute Gasteiger partial charge is 0.301 e. The van der Waals surface area contributed by atoms with Crippen molar-refractivity contribution >= 4 is 0 Å². The zero-order valence-electron chi connectivity index (χ0n) is 8.57. The Labute approximate surface area is 85.2 Å². The molecule has 0 aliphatic heterocycles. The van der Waals surface area contributed by atoms with Crippen molar-refractivity contribution in [3.8, 4) is 0 Å². The van der Waals surface area contributed by atoms with E-state index in [-0.39, 0.29) is 0 Å². The molecule has 1 aromatic carbocycles. The lowest BCUT2D eigenvalue weighted by Gasteiger charge is -2.17. The molecule has 1 saturated carbocycles. The highest BCUT2D eigenvalue weighted by atomic mass is 16.6. The molecule has 1 atom stereocenters. The fraction of sp³-hybridized carbons (Fsp3) is 0.500. The molecule has 2 nitrogen and oxygen atoms in total. The van der Waals surface area contributed by atoms with Crippen molar-refractivity contribution in [2.45, 2.75) is 25.8 Å². The first-order chi connectivity index (χ1) is 6.92. The van der Waals surface area contributed by atoms with Gasteiger partial charge in [-0.05, 0) is 31.2 Å². The standard InChI is InChI=1S/C12H17NO/c1-2-14-13-12(11-8-9-11)10-6-4-3-5-7-10/h3-7,11-13H,2,8-9H2,1H3. The van der Waals surface area contributed by atoms with E-state index in [1.54, 1.807) is 0 Å². The molecule has 1 aliphatic carbocycles. The van der Waals surface area contributed by atoms with E-state index < -0.39 is 0 Å². The van der Waals surface area contributed by atoms with Crippen molar-refractivity contribution in [3.63, 3.8) is 0 Å². The molecule has 1 fully saturated rings. The zero-order valence-corrected chi connectivity index (χ0v) is 8.57. The summed E-state index contributed by atoms with van der Waals surface area (Å²) in [5.41, 5.74) is 4.48. The van der Waals surface area contributed by atoms with Gasteiger partial charge in [-0.3, -0.25) is 0 Å². The molecule has 0 radical (unpaired) electrons. The van der Waals surface area contributed by atoms with Gasteiger partial charge in [-0.15, -0.1) is 0 Å². The number of nitrogens with one attached hydrogen (secondary N) is 1. The summed E-state index contributed by atoms with van der Waals surface area (Å²) in [5, 5.41) is 0. The van der Waals surface area contributed by atoms with Gasteiger partial charge in [0.1, 0.15) is 0 Å². The summed E-state index contributed by atoms with van der Waals surface area (Å²) in [6.45, 7) is 2.72. The third kappa shape index (κ3) is 2.34. The molecule has 1 unspecified atom stereocenters. The van der Waals surface area contributed by atoms with Crippen LogP contribution in [-0.2, 0) is 4.84 Å². The van der Waals surface area contributed by atoms with E-state index in [1.165, 1.54) is 18.4 Å². The maximum atomic E-state index is 5.30. The Hall–Kier alpha value is -0.860. The maximum absolute atomic E-state index is 5.30. The summed E-state index contributed by atoms with van der Waals surface area (Å²) in [5.74, 6) is 0.768. The molecule has 0 aromatic heterocycles. The second-order valence-electron chi connectivity index (χ2n) is 3.78. The van der Waals surface area contributed by atoms with Gasteiger partial charge in [0.2, 0.25) is 0 Å². The van der Waals surface area contributed by atoms with E-state index in [1.807, 2.05) is 13.0 Å². The molecule has 0 spiro atoms. The first-order valence-corrected chi connectivity index (χ1v) is 5.34. The van der Waals surface area contributed by atoms with Crippen LogP contribution in [0.5, 0.6) is 0 Å². The summed E-state index contributed by atoms with van der Waals surface area (Å²) >= 11 is 0. The van der Waals surface area contributed by atoms with Gasteiger partial charge in [0.05, 0.1) is 12.6 Å². The lowest BCUT2D eigenvalue weighted by molar-refractivity contribution is 0.0183. The third-order valence-electron chi connectivity index (χ3n) is 2.61.